The first-order valence-electron chi connectivity index (χ1n) is 6.57. The topological polar surface area (TPSA) is 77.4 Å². The third-order valence-corrected chi connectivity index (χ3v) is 3.67. The van der Waals surface area contributed by atoms with Gasteiger partial charge in [0.15, 0.2) is 12.6 Å². The number of hydrogen-bond donors (Lipinski definition) is 2. The number of hydrogen-bond acceptors (Lipinski definition) is 6. The Kier molecular flexibility index (Phi) is 10.1. The van der Waals surface area contributed by atoms with Crippen molar-refractivity contribution < 1.29 is 117 Å². The fraction of sp³-hybridized carbons (Fsp3) is 0.571. The van der Waals surface area contributed by atoms with E-state index in [0.717, 1.165) is 5.56 Å². The van der Waals surface area contributed by atoms with Crippen LogP contribution in [0.3, 0.4) is 0 Å². The molecular weight excluding hydrogens is 718 g/mol. The van der Waals surface area contributed by atoms with Crippen LogP contribution in [0.2, 0.25) is 0 Å². The molecule has 6 atom stereocenters. The van der Waals surface area contributed by atoms with Crippen molar-refractivity contribution >= 4 is 0 Å². The summed E-state index contributed by atoms with van der Waals surface area (Å²) in [4.78, 5) is 0. The van der Waals surface area contributed by atoms with E-state index >= 15 is 0 Å². The molecular formula is C14H18Ac2O6. The van der Waals surface area contributed by atoms with Gasteiger partial charge in [-0.25, -0.2) is 0 Å². The number of aliphatic hydroxyl groups excluding tert-OH is 2. The molecule has 0 bridgehead atoms. The monoisotopic (exact) mass is 736 g/mol. The fourth-order valence-electron chi connectivity index (χ4n) is 2.63. The van der Waals surface area contributed by atoms with Crippen LogP contribution in [0, 0.1) is 88.1 Å². The van der Waals surface area contributed by atoms with Crippen molar-refractivity contribution in [1.82, 2.24) is 0 Å². The van der Waals surface area contributed by atoms with Gasteiger partial charge in [-0.1, -0.05) is 30.3 Å². The Morgan fingerprint density at radius 2 is 1.77 bits per heavy atom. The van der Waals surface area contributed by atoms with E-state index in [1.807, 2.05) is 30.3 Å². The first kappa shape index (κ1) is 21.9. The molecule has 6 nitrogen and oxygen atoms in total. The van der Waals surface area contributed by atoms with E-state index in [0.29, 0.717) is 0 Å². The van der Waals surface area contributed by atoms with Crippen LogP contribution in [-0.4, -0.2) is 54.6 Å². The summed E-state index contributed by atoms with van der Waals surface area (Å²) in [5.74, 6) is 0. The molecule has 2 radical (unpaired) electrons. The van der Waals surface area contributed by atoms with Crippen molar-refractivity contribution in [3.8, 4) is 0 Å². The molecule has 2 aliphatic heterocycles. The van der Waals surface area contributed by atoms with Gasteiger partial charge < -0.3 is 29.2 Å². The number of aliphatic hydroxyl groups is 2. The summed E-state index contributed by atoms with van der Waals surface area (Å²) in [5, 5.41) is 19.6. The maximum Gasteiger partial charge on any atom is 0.184 e. The minimum atomic E-state index is -1.29. The van der Waals surface area contributed by atoms with E-state index in [1.54, 1.807) is 0 Å². The van der Waals surface area contributed by atoms with Crippen molar-refractivity contribution in [3.63, 3.8) is 0 Å². The van der Waals surface area contributed by atoms with E-state index in [-0.39, 0.29) is 94.7 Å². The van der Waals surface area contributed by atoms with E-state index in [1.165, 1.54) is 7.11 Å². The summed E-state index contributed by atoms with van der Waals surface area (Å²) < 4.78 is 22.0. The van der Waals surface area contributed by atoms with Crippen LogP contribution in [-0.2, 0) is 18.9 Å². The summed E-state index contributed by atoms with van der Waals surface area (Å²) in [6, 6.07) is 9.52. The van der Waals surface area contributed by atoms with Gasteiger partial charge in [0.1, 0.15) is 24.4 Å². The normalized spacial score (nSPS) is 37.4. The van der Waals surface area contributed by atoms with Crippen molar-refractivity contribution in [2.24, 2.45) is 0 Å². The molecule has 0 aliphatic carbocycles. The zero-order valence-corrected chi connectivity index (χ0v) is 21.7. The van der Waals surface area contributed by atoms with Gasteiger partial charge in [-0.2, -0.15) is 0 Å². The molecule has 1 aromatic carbocycles. The predicted molar refractivity (Wildman–Crippen MR) is 67.7 cm³/mol. The fourth-order valence-corrected chi connectivity index (χ4v) is 2.63. The Morgan fingerprint density at radius 3 is 2.41 bits per heavy atom. The van der Waals surface area contributed by atoms with Crippen LogP contribution in [0.4, 0.5) is 0 Å². The average Bonchev–Trinajstić information content (AvgIpc) is 2.49. The maximum absolute atomic E-state index is 9.91. The Hall–Kier alpha value is 1.86. The molecule has 8 heteroatoms. The number of ether oxygens (including phenoxy) is 4. The summed E-state index contributed by atoms with van der Waals surface area (Å²) in [6.07, 6.45) is -4.56. The molecule has 22 heavy (non-hydrogen) atoms. The van der Waals surface area contributed by atoms with Crippen molar-refractivity contribution in [2.75, 3.05) is 13.7 Å². The second kappa shape index (κ2) is 10.1. The van der Waals surface area contributed by atoms with Crippen LogP contribution in [0.25, 0.3) is 0 Å². The number of benzene rings is 1. The van der Waals surface area contributed by atoms with Gasteiger partial charge in [0, 0.05) is 101 Å². The Balaban J connectivity index is 0.00000121. The average molecular weight is 736 g/mol. The van der Waals surface area contributed by atoms with E-state index < -0.39 is 37.0 Å². The van der Waals surface area contributed by atoms with Crippen LogP contribution in [0.1, 0.15) is 11.9 Å². The quantitative estimate of drug-likeness (QED) is 0.453. The molecule has 0 amide bonds. The Labute approximate surface area is 200 Å². The van der Waals surface area contributed by atoms with Crippen LogP contribution in [0.5, 0.6) is 0 Å². The third kappa shape index (κ3) is 4.73. The molecule has 2 heterocycles. The molecule has 116 valence electrons. The molecule has 0 saturated carbocycles. The smallest absolute Gasteiger partial charge is 0.184 e. The first-order chi connectivity index (χ1) is 9.70. The summed E-state index contributed by atoms with van der Waals surface area (Å²) in [6.45, 7) is 0.272. The van der Waals surface area contributed by atoms with Crippen LogP contribution in [0.15, 0.2) is 30.3 Å². The minimum Gasteiger partial charge on any atom is -0.385 e. The number of fused-ring (bicyclic) bond motifs is 1. The molecule has 3 rings (SSSR count). The van der Waals surface area contributed by atoms with Crippen LogP contribution >= 0.6 is 0 Å². The van der Waals surface area contributed by atoms with Gasteiger partial charge in [0.25, 0.3) is 0 Å². The molecule has 1 aromatic rings. The molecule has 0 spiro atoms. The first-order valence-corrected chi connectivity index (χ1v) is 6.57. The van der Waals surface area contributed by atoms with E-state index in [4.69, 9.17) is 18.9 Å². The van der Waals surface area contributed by atoms with Crippen molar-refractivity contribution in [2.45, 2.75) is 37.0 Å². The molecule has 0 aromatic heterocycles. The second-order valence-corrected chi connectivity index (χ2v) is 4.93. The van der Waals surface area contributed by atoms with Crippen molar-refractivity contribution in [3.05, 3.63) is 35.9 Å². The van der Waals surface area contributed by atoms with Crippen molar-refractivity contribution in [1.29, 1.82) is 0 Å². The molecule has 2 aliphatic rings. The summed E-state index contributed by atoms with van der Waals surface area (Å²) in [7, 11) is 1.47. The summed E-state index contributed by atoms with van der Waals surface area (Å²) in [5.41, 5.74) is 0.890. The molecule has 2 fully saturated rings. The van der Waals surface area contributed by atoms with Gasteiger partial charge in [0.2, 0.25) is 0 Å². The van der Waals surface area contributed by atoms with Gasteiger partial charge in [-0.05, 0) is 0 Å². The van der Waals surface area contributed by atoms with Gasteiger partial charge >= 0.3 is 0 Å². The van der Waals surface area contributed by atoms with Crippen LogP contribution < -0.4 is 0 Å². The van der Waals surface area contributed by atoms with Gasteiger partial charge in [-0.15, -0.1) is 0 Å². The minimum absolute atomic E-state index is 0. The van der Waals surface area contributed by atoms with Gasteiger partial charge in [-0.3, -0.25) is 0 Å². The SMILES string of the molecule is COC1C(O)C(O)OC2COC(c3ccccc3)O[C@@H]21.[Ac].[Ac]. The predicted octanol–water partition coefficient (Wildman–Crippen LogP) is 0.194. The zero-order valence-electron chi connectivity index (χ0n) is 12.2. The van der Waals surface area contributed by atoms with E-state index in [9.17, 15) is 10.2 Å². The standard InChI is InChI=1S/C14H18O6.2Ac/c1-17-12-10(15)13(16)19-9-7-18-14(20-11(9)12)8-5-3-2-4-6-8;;/h2-6,9-16H,7H2,1H3;;/t9?,10?,11-,12?,13?,14?;;/m0../s1. The van der Waals surface area contributed by atoms with E-state index in [2.05, 4.69) is 0 Å². The molecule has 5 unspecified atom stereocenters. The number of rotatable bonds is 2. The third-order valence-electron chi connectivity index (χ3n) is 3.67. The summed E-state index contributed by atoms with van der Waals surface area (Å²) >= 11 is 0. The second-order valence-electron chi connectivity index (χ2n) is 4.93. The van der Waals surface area contributed by atoms with Gasteiger partial charge in [0.05, 0.1) is 6.61 Å². The molecule has 2 N–H and O–H groups in total. The Bertz CT molecular complexity index is 448. The Morgan fingerprint density at radius 1 is 1.09 bits per heavy atom. The molecule has 2 saturated heterocycles. The number of methoxy groups -OCH3 is 1. The maximum atomic E-state index is 9.91. The largest absolute Gasteiger partial charge is 0.385 e. The zero-order chi connectivity index (χ0) is 14.1.